The summed E-state index contributed by atoms with van der Waals surface area (Å²) in [5.74, 6) is -1.69. The highest BCUT2D eigenvalue weighted by atomic mass is 16.5. The maximum Gasteiger partial charge on any atom is 0.332 e. The van der Waals surface area contributed by atoms with Crippen LogP contribution in [0.5, 0.6) is 5.75 Å². The number of hydrogen-bond donors (Lipinski definition) is 3. The van der Waals surface area contributed by atoms with Gasteiger partial charge < -0.3 is 20.3 Å². The number of carbonyl (C=O) groups is 2. The van der Waals surface area contributed by atoms with Gasteiger partial charge in [-0.15, -0.1) is 0 Å². The minimum absolute atomic E-state index is 0.0634. The monoisotopic (exact) mass is 279 g/mol. The highest BCUT2D eigenvalue weighted by Gasteiger charge is 2.25. The number of aliphatic carboxylic acids is 1. The van der Waals surface area contributed by atoms with Crippen LogP contribution in [0.3, 0.4) is 0 Å². The van der Waals surface area contributed by atoms with E-state index in [0.717, 1.165) is 0 Å². The lowest BCUT2D eigenvalue weighted by Crippen LogP contribution is -2.29. The van der Waals surface area contributed by atoms with Gasteiger partial charge in [-0.25, -0.2) is 4.79 Å². The van der Waals surface area contributed by atoms with Gasteiger partial charge >= 0.3 is 11.9 Å². The summed E-state index contributed by atoms with van der Waals surface area (Å²) in [5.41, 5.74) is 1.28. The fourth-order valence-electron chi connectivity index (χ4n) is 1.80. The number of allylic oxidation sites excluding steroid dienone is 1. The molecule has 0 saturated heterocycles. The molecule has 1 atom stereocenters. The summed E-state index contributed by atoms with van der Waals surface area (Å²) in [6, 6.07) is 3.26. The van der Waals surface area contributed by atoms with Gasteiger partial charge in [0.15, 0.2) is 6.04 Å². The Kier molecular flexibility index (Phi) is 5.14. The Balaban J connectivity index is 3.28. The predicted octanol–water partition coefficient (Wildman–Crippen LogP) is 1.36. The third kappa shape index (κ3) is 4.01. The van der Waals surface area contributed by atoms with Gasteiger partial charge in [0.2, 0.25) is 0 Å². The van der Waals surface area contributed by atoms with Gasteiger partial charge in [0, 0.05) is 5.70 Å². The van der Waals surface area contributed by atoms with Gasteiger partial charge in [0.25, 0.3) is 0 Å². The Hall–Kier alpha value is -2.50. The van der Waals surface area contributed by atoms with Crippen LogP contribution in [-0.4, -0.2) is 29.3 Å². The molecule has 0 aliphatic heterocycles. The lowest BCUT2D eigenvalue weighted by atomic mass is 9.97. The first kappa shape index (κ1) is 15.6. The van der Waals surface area contributed by atoms with Crippen LogP contribution in [0, 0.1) is 0 Å². The van der Waals surface area contributed by atoms with Crippen LogP contribution < -0.4 is 5.32 Å². The average Bonchev–Trinajstić information content (AvgIpc) is 2.36. The van der Waals surface area contributed by atoms with Crippen LogP contribution in [0.2, 0.25) is 0 Å². The Bertz CT molecular complexity index is 538. The summed E-state index contributed by atoms with van der Waals surface area (Å²) in [4.78, 5) is 22.7. The van der Waals surface area contributed by atoms with Crippen LogP contribution in [0.1, 0.15) is 24.1 Å². The third-order valence-corrected chi connectivity index (χ3v) is 2.61. The van der Waals surface area contributed by atoms with E-state index in [2.05, 4.69) is 11.9 Å². The van der Waals surface area contributed by atoms with Crippen molar-refractivity contribution in [2.75, 3.05) is 7.11 Å². The zero-order valence-electron chi connectivity index (χ0n) is 11.3. The van der Waals surface area contributed by atoms with E-state index in [9.17, 15) is 14.7 Å². The van der Waals surface area contributed by atoms with Crippen LogP contribution in [0.25, 0.3) is 0 Å². The van der Waals surface area contributed by atoms with Gasteiger partial charge in [0.1, 0.15) is 5.75 Å². The topological polar surface area (TPSA) is 95.9 Å². The second kappa shape index (κ2) is 6.60. The standard InChI is InChI=1S/C14H17NO5/c1-8(2)15-13(14(19)20-3)11-7-10(16)5-4-9(11)6-12(17)18/h4-5,7,13,15-16H,1,6H2,2-3H3,(H,17,18). The minimum atomic E-state index is -1.03. The molecule has 3 N–H and O–H groups in total. The van der Waals surface area contributed by atoms with E-state index in [1.165, 1.54) is 25.3 Å². The number of carbonyl (C=O) groups excluding carboxylic acids is 1. The van der Waals surface area contributed by atoms with E-state index in [4.69, 9.17) is 9.84 Å². The van der Waals surface area contributed by atoms with Crippen molar-refractivity contribution in [3.63, 3.8) is 0 Å². The fraction of sp³-hybridized carbons (Fsp3) is 0.286. The van der Waals surface area contributed by atoms with Gasteiger partial charge in [-0.05, 0) is 30.2 Å². The number of hydrogen-bond acceptors (Lipinski definition) is 5. The lowest BCUT2D eigenvalue weighted by molar-refractivity contribution is -0.143. The number of rotatable bonds is 6. The van der Waals surface area contributed by atoms with Crippen molar-refractivity contribution in [2.45, 2.75) is 19.4 Å². The van der Waals surface area contributed by atoms with E-state index >= 15 is 0 Å². The molecule has 0 aliphatic carbocycles. The molecule has 0 aromatic heterocycles. The van der Waals surface area contributed by atoms with Gasteiger partial charge in [-0.1, -0.05) is 12.6 Å². The Morgan fingerprint density at radius 1 is 1.45 bits per heavy atom. The summed E-state index contributed by atoms with van der Waals surface area (Å²) in [6.45, 7) is 5.31. The number of benzene rings is 1. The maximum absolute atomic E-state index is 11.8. The molecule has 0 spiro atoms. The zero-order chi connectivity index (χ0) is 15.3. The highest BCUT2D eigenvalue weighted by Crippen LogP contribution is 2.25. The van der Waals surface area contributed by atoms with E-state index in [0.29, 0.717) is 16.8 Å². The van der Waals surface area contributed by atoms with Crippen molar-refractivity contribution in [3.8, 4) is 5.75 Å². The average molecular weight is 279 g/mol. The van der Waals surface area contributed by atoms with E-state index in [1.54, 1.807) is 6.92 Å². The first-order valence-electron chi connectivity index (χ1n) is 5.88. The molecule has 0 bridgehead atoms. The van der Waals surface area contributed by atoms with Gasteiger partial charge in [-0.3, -0.25) is 4.79 Å². The van der Waals surface area contributed by atoms with Gasteiger partial charge in [0.05, 0.1) is 13.5 Å². The second-order valence-electron chi connectivity index (χ2n) is 4.33. The Labute approximate surface area is 116 Å². The molecule has 1 rings (SSSR count). The number of ether oxygens (including phenoxy) is 1. The second-order valence-corrected chi connectivity index (χ2v) is 4.33. The molecule has 20 heavy (non-hydrogen) atoms. The molecular formula is C14H17NO5. The van der Waals surface area contributed by atoms with Crippen LogP contribution in [0.15, 0.2) is 30.5 Å². The number of phenols is 1. The Morgan fingerprint density at radius 2 is 2.10 bits per heavy atom. The summed E-state index contributed by atoms with van der Waals surface area (Å²) in [7, 11) is 1.23. The molecule has 1 aromatic carbocycles. The van der Waals surface area contributed by atoms with E-state index in [-0.39, 0.29) is 12.2 Å². The molecule has 108 valence electrons. The third-order valence-electron chi connectivity index (χ3n) is 2.61. The number of methoxy groups -OCH3 is 1. The molecule has 1 aromatic rings. The molecule has 0 heterocycles. The molecule has 0 radical (unpaired) electrons. The van der Waals surface area contributed by atoms with E-state index in [1.807, 2.05) is 0 Å². The van der Waals surface area contributed by atoms with Crippen molar-refractivity contribution in [1.82, 2.24) is 5.32 Å². The number of esters is 1. The first-order chi connectivity index (χ1) is 9.35. The zero-order valence-corrected chi connectivity index (χ0v) is 11.3. The molecule has 6 nitrogen and oxygen atoms in total. The molecule has 0 aliphatic rings. The predicted molar refractivity (Wildman–Crippen MR) is 72.2 cm³/mol. The van der Waals surface area contributed by atoms with Crippen LogP contribution in [0.4, 0.5) is 0 Å². The molecule has 1 unspecified atom stereocenters. The summed E-state index contributed by atoms with van der Waals surface area (Å²) >= 11 is 0. The normalized spacial score (nSPS) is 11.5. The largest absolute Gasteiger partial charge is 0.508 e. The Morgan fingerprint density at radius 3 is 2.60 bits per heavy atom. The molecule has 0 amide bonds. The van der Waals surface area contributed by atoms with Crippen molar-refractivity contribution in [2.24, 2.45) is 0 Å². The van der Waals surface area contributed by atoms with Crippen LogP contribution >= 0.6 is 0 Å². The van der Waals surface area contributed by atoms with Crippen molar-refractivity contribution < 1.29 is 24.5 Å². The number of aromatic hydroxyl groups is 1. The smallest absolute Gasteiger partial charge is 0.332 e. The van der Waals surface area contributed by atoms with Crippen molar-refractivity contribution >= 4 is 11.9 Å². The summed E-state index contributed by atoms with van der Waals surface area (Å²) in [5, 5.41) is 21.3. The van der Waals surface area contributed by atoms with Crippen LogP contribution in [-0.2, 0) is 20.7 Å². The van der Waals surface area contributed by atoms with Gasteiger partial charge in [-0.2, -0.15) is 0 Å². The molecule has 6 heteroatoms. The van der Waals surface area contributed by atoms with Crippen molar-refractivity contribution in [1.29, 1.82) is 0 Å². The number of nitrogens with one attached hydrogen (secondary N) is 1. The summed E-state index contributed by atoms with van der Waals surface area (Å²) in [6.07, 6.45) is -0.263. The van der Waals surface area contributed by atoms with E-state index < -0.39 is 18.0 Å². The SMILES string of the molecule is C=C(C)NC(C(=O)OC)c1cc(O)ccc1CC(=O)O. The highest BCUT2D eigenvalue weighted by molar-refractivity contribution is 5.80. The molecule has 0 saturated carbocycles. The minimum Gasteiger partial charge on any atom is -0.508 e. The summed E-state index contributed by atoms with van der Waals surface area (Å²) < 4.78 is 4.70. The molecule has 0 fully saturated rings. The quantitative estimate of drug-likeness (QED) is 0.680. The number of phenolic OH excluding ortho intramolecular Hbond substituents is 1. The van der Waals surface area contributed by atoms with Crippen molar-refractivity contribution in [3.05, 3.63) is 41.6 Å². The number of carboxylic acids is 1. The fourth-order valence-corrected chi connectivity index (χ4v) is 1.80. The first-order valence-corrected chi connectivity index (χ1v) is 5.88. The lowest BCUT2D eigenvalue weighted by Gasteiger charge is -2.20. The number of carboxylic acid groups (broad SMARTS) is 1. The molecular weight excluding hydrogens is 262 g/mol. The maximum atomic E-state index is 11.8.